The van der Waals surface area contributed by atoms with Crippen LogP contribution < -0.4 is 4.90 Å². The number of aromatic nitrogens is 2. The first-order valence-corrected chi connectivity index (χ1v) is 10.4. The number of ether oxygens (including phenoxy) is 1. The topological polar surface area (TPSA) is 67.7 Å². The summed E-state index contributed by atoms with van der Waals surface area (Å²) in [7, 11) is 1.79. The maximum Gasteiger partial charge on any atom is 0.234 e. The number of fused-ring (bicyclic) bond motifs is 1. The van der Waals surface area contributed by atoms with E-state index < -0.39 is 17.4 Å². The summed E-state index contributed by atoms with van der Waals surface area (Å²) in [5.41, 5.74) is 2.49. The number of rotatable bonds is 5. The highest BCUT2D eigenvalue weighted by Crippen LogP contribution is 2.53. The Bertz CT molecular complexity index is 1030. The van der Waals surface area contributed by atoms with Crippen molar-refractivity contribution in [2.45, 2.75) is 32.1 Å². The number of amides is 2. The Morgan fingerprint density at radius 3 is 2.90 bits per heavy atom. The minimum atomic E-state index is -0.705. The number of benzene rings is 1. The Morgan fingerprint density at radius 2 is 2.17 bits per heavy atom. The molecule has 7 nitrogen and oxygen atoms in total. The zero-order chi connectivity index (χ0) is 21.0. The van der Waals surface area contributed by atoms with E-state index in [0.717, 1.165) is 11.3 Å². The van der Waals surface area contributed by atoms with Crippen LogP contribution in [-0.2, 0) is 20.9 Å². The molecule has 7 heteroatoms. The maximum atomic E-state index is 13.5. The fourth-order valence-corrected chi connectivity index (χ4v) is 4.94. The van der Waals surface area contributed by atoms with Crippen molar-refractivity contribution in [3.05, 3.63) is 59.9 Å². The van der Waals surface area contributed by atoms with E-state index in [2.05, 4.69) is 12.0 Å². The molecule has 0 saturated carbocycles. The van der Waals surface area contributed by atoms with Crippen LogP contribution in [0.2, 0.25) is 0 Å². The molecule has 156 valence electrons. The number of hydrogen-bond donors (Lipinski definition) is 0. The largest absolute Gasteiger partial charge is 0.360 e. The van der Waals surface area contributed by atoms with Gasteiger partial charge in [0, 0.05) is 31.7 Å². The van der Waals surface area contributed by atoms with Gasteiger partial charge in [0.1, 0.15) is 5.60 Å². The van der Waals surface area contributed by atoms with Crippen molar-refractivity contribution in [1.29, 1.82) is 0 Å². The van der Waals surface area contributed by atoms with Crippen molar-refractivity contribution >= 4 is 17.5 Å². The highest BCUT2D eigenvalue weighted by Gasteiger charge is 2.67. The Kier molecular flexibility index (Phi) is 4.32. The highest BCUT2D eigenvalue weighted by molar-refractivity contribution is 6.03. The zero-order valence-electron chi connectivity index (χ0n) is 17.5. The van der Waals surface area contributed by atoms with Gasteiger partial charge in [-0.05, 0) is 43.2 Å². The maximum absolute atomic E-state index is 13.5. The van der Waals surface area contributed by atoms with Crippen molar-refractivity contribution in [1.82, 2.24) is 14.7 Å². The molecule has 0 aliphatic carbocycles. The number of likely N-dealkylation sites (N-methyl/N-ethyl adjacent to an activating group) is 1. The van der Waals surface area contributed by atoms with Gasteiger partial charge in [-0.25, -0.2) is 0 Å². The molecule has 0 radical (unpaired) electrons. The molecule has 2 bridgehead atoms. The van der Waals surface area contributed by atoms with E-state index in [1.807, 2.05) is 49.5 Å². The monoisotopic (exact) mass is 406 g/mol. The zero-order valence-corrected chi connectivity index (χ0v) is 17.5. The molecule has 30 heavy (non-hydrogen) atoms. The van der Waals surface area contributed by atoms with Crippen molar-refractivity contribution in [2.24, 2.45) is 11.8 Å². The van der Waals surface area contributed by atoms with Gasteiger partial charge in [-0.3, -0.25) is 14.3 Å². The number of hydrogen-bond acceptors (Lipinski definition) is 4. The summed E-state index contributed by atoms with van der Waals surface area (Å²) in [4.78, 5) is 30.3. The van der Waals surface area contributed by atoms with Gasteiger partial charge in [-0.1, -0.05) is 18.2 Å². The molecular weight excluding hydrogens is 380 g/mol. The van der Waals surface area contributed by atoms with Crippen LogP contribution in [0.3, 0.4) is 0 Å². The molecule has 2 aromatic rings. The average molecular weight is 406 g/mol. The summed E-state index contributed by atoms with van der Waals surface area (Å²) in [6, 6.07) is 7.90. The van der Waals surface area contributed by atoms with Crippen LogP contribution in [0.15, 0.2) is 48.8 Å². The Morgan fingerprint density at radius 1 is 1.33 bits per heavy atom. The van der Waals surface area contributed by atoms with Crippen molar-refractivity contribution in [3.63, 3.8) is 0 Å². The average Bonchev–Trinajstić information content (AvgIpc) is 3.50. The molecule has 0 N–H and O–H groups in total. The lowest BCUT2D eigenvalue weighted by Crippen LogP contribution is -2.45. The predicted molar refractivity (Wildman–Crippen MR) is 112 cm³/mol. The molecule has 1 aromatic heterocycles. The van der Waals surface area contributed by atoms with Crippen LogP contribution in [0.4, 0.5) is 5.69 Å². The van der Waals surface area contributed by atoms with Gasteiger partial charge in [0.05, 0.1) is 31.0 Å². The van der Waals surface area contributed by atoms with E-state index in [0.29, 0.717) is 19.6 Å². The summed E-state index contributed by atoms with van der Waals surface area (Å²) in [5, 5.41) is 4.19. The Balaban J connectivity index is 1.38. The van der Waals surface area contributed by atoms with Crippen molar-refractivity contribution in [3.8, 4) is 0 Å². The third-order valence-electron chi connectivity index (χ3n) is 6.79. The van der Waals surface area contributed by atoms with Crippen LogP contribution in [0.25, 0.3) is 0 Å². The molecule has 4 heterocycles. The minimum absolute atomic E-state index is 0.0241. The molecule has 1 spiro atoms. The van der Waals surface area contributed by atoms with Crippen molar-refractivity contribution in [2.75, 3.05) is 25.0 Å². The lowest BCUT2D eigenvalue weighted by molar-refractivity contribution is -0.139. The molecule has 3 aliphatic rings. The van der Waals surface area contributed by atoms with Gasteiger partial charge in [0.25, 0.3) is 0 Å². The van der Waals surface area contributed by atoms with Crippen molar-refractivity contribution < 1.29 is 14.3 Å². The van der Waals surface area contributed by atoms with Gasteiger partial charge in [0.2, 0.25) is 11.8 Å². The van der Waals surface area contributed by atoms with E-state index in [-0.39, 0.29) is 17.9 Å². The lowest BCUT2D eigenvalue weighted by atomic mass is 9.76. The van der Waals surface area contributed by atoms with Crippen LogP contribution in [0.5, 0.6) is 0 Å². The summed E-state index contributed by atoms with van der Waals surface area (Å²) in [5.74, 6) is -1.03. The van der Waals surface area contributed by atoms with E-state index in [4.69, 9.17) is 4.74 Å². The molecule has 3 aliphatic heterocycles. The molecule has 5 rings (SSSR count). The second-order valence-corrected chi connectivity index (χ2v) is 8.62. The highest BCUT2D eigenvalue weighted by atomic mass is 16.5. The van der Waals surface area contributed by atoms with Crippen LogP contribution in [-0.4, -0.2) is 58.3 Å². The summed E-state index contributed by atoms with van der Waals surface area (Å²) >= 11 is 0. The minimum Gasteiger partial charge on any atom is -0.360 e. The second kappa shape index (κ2) is 6.80. The van der Waals surface area contributed by atoms with E-state index >= 15 is 0 Å². The predicted octanol–water partition coefficient (Wildman–Crippen LogP) is 1.94. The molecular formula is C23H26N4O3. The fraction of sp³-hybridized carbons (Fsp3) is 0.435. The Labute approximate surface area is 175 Å². The van der Waals surface area contributed by atoms with Gasteiger partial charge in [-0.15, -0.1) is 0 Å². The summed E-state index contributed by atoms with van der Waals surface area (Å²) in [6.45, 7) is 5.69. The first-order valence-electron chi connectivity index (χ1n) is 10.4. The van der Waals surface area contributed by atoms with Gasteiger partial charge in [-0.2, -0.15) is 5.10 Å². The Hall–Kier alpha value is -2.93. The van der Waals surface area contributed by atoms with E-state index in [1.54, 1.807) is 27.7 Å². The number of carbonyl (C=O) groups excluding carboxylic acids is 2. The van der Waals surface area contributed by atoms with E-state index in [9.17, 15) is 9.59 Å². The quantitative estimate of drug-likeness (QED) is 0.712. The summed E-state index contributed by atoms with van der Waals surface area (Å²) in [6.07, 6.45) is 7.21. The van der Waals surface area contributed by atoms with Crippen LogP contribution in [0, 0.1) is 25.7 Å². The standard InChI is InChI=1S/C23H26N4O3/c1-15-5-6-17(13-16(15)2)27-14-23-8-7-18(30-23)19(20(23)22(27)29)21(28)25(3)11-12-26-10-4-9-24-26/h4-10,13,18-20H,11-12,14H2,1-3H3/t18-,19+,20-,23-/m0/s1. The van der Waals surface area contributed by atoms with E-state index in [1.165, 1.54) is 5.56 Å². The summed E-state index contributed by atoms with van der Waals surface area (Å²) < 4.78 is 8.05. The van der Waals surface area contributed by atoms with Gasteiger partial charge >= 0.3 is 0 Å². The first kappa shape index (κ1) is 19.1. The normalized spacial score (nSPS) is 29.0. The SMILES string of the molecule is Cc1ccc(N2C[C@]34C=C[C@H](O3)[C@@H](C(=O)N(C)CCn3cccn3)[C@H]4C2=O)cc1C. The fourth-order valence-electron chi connectivity index (χ4n) is 4.94. The molecule has 4 atom stereocenters. The van der Waals surface area contributed by atoms with Crippen LogP contribution >= 0.6 is 0 Å². The number of carbonyl (C=O) groups is 2. The molecule has 0 unspecified atom stereocenters. The molecule has 1 aromatic carbocycles. The third-order valence-corrected chi connectivity index (χ3v) is 6.79. The molecule has 2 saturated heterocycles. The lowest BCUT2D eigenvalue weighted by Gasteiger charge is -2.27. The van der Waals surface area contributed by atoms with Gasteiger partial charge in [0.15, 0.2) is 0 Å². The molecule has 2 fully saturated rings. The van der Waals surface area contributed by atoms with Gasteiger partial charge < -0.3 is 14.5 Å². The van der Waals surface area contributed by atoms with Crippen LogP contribution in [0.1, 0.15) is 11.1 Å². The first-order chi connectivity index (χ1) is 14.4. The second-order valence-electron chi connectivity index (χ2n) is 8.62. The third kappa shape index (κ3) is 2.80. The number of aryl methyl sites for hydroxylation is 2. The number of anilines is 1. The number of nitrogens with zero attached hydrogens (tertiary/aromatic N) is 4. The molecule has 2 amide bonds. The smallest absolute Gasteiger partial charge is 0.234 e.